The number of rotatable bonds is 11. The first-order valence-electron chi connectivity index (χ1n) is 10.7. The molecular weight excluding hydrogens is 376 g/mol. The first kappa shape index (κ1) is 23.5. The maximum absolute atomic E-state index is 13.2. The van der Waals surface area contributed by atoms with Gasteiger partial charge in [-0.3, -0.25) is 9.59 Å². The zero-order valence-corrected chi connectivity index (χ0v) is 18.6. The quantitative estimate of drug-likeness (QED) is 0.604. The summed E-state index contributed by atoms with van der Waals surface area (Å²) in [6.45, 7) is 7.07. The van der Waals surface area contributed by atoms with Gasteiger partial charge in [-0.05, 0) is 35.6 Å². The highest BCUT2D eigenvalue weighted by Crippen LogP contribution is 2.18. The highest BCUT2D eigenvalue weighted by atomic mass is 16.5. The van der Waals surface area contributed by atoms with Crippen molar-refractivity contribution in [2.75, 3.05) is 13.7 Å². The average Bonchev–Trinajstić information content (AvgIpc) is 2.75. The van der Waals surface area contributed by atoms with Crippen LogP contribution in [0.3, 0.4) is 0 Å². The van der Waals surface area contributed by atoms with Gasteiger partial charge in [0.05, 0.1) is 7.11 Å². The third-order valence-corrected chi connectivity index (χ3v) is 4.93. The van der Waals surface area contributed by atoms with Crippen LogP contribution >= 0.6 is 0 Å². The smallest absolute Gasteiger partial charge is 0.243 e. The molecular formula is C25H34N2O3. The Labute approximate surface area is 180 Å². The Hall–Kier alpha value is -2.82. The van der Waals surface area contributed by atoms with E-state index in [1.807, 2.05) is 61.5 Å². The average molecular weight is 411 g/mol. The Morgan fingerprint density at radius 1 is 1.00 bits per heavy atom. The number of carbonyl (C=O) groups excluding carboxylic acids is 2. The molecule has 0 radical (unpaired) electrons. The normalized spacial score (nSPS) is 11.8. The summed E-state index contributed by atoms with van der Waals surface area (Å²) in [6.07, 6.45) is 1.64. The zero-order valence-electron chi connectivity index (χ0n) is 18.6. The van der Waals surface area contributed by atoms with Gasteiger partial charge in [-0.1, -0.05) is 63.2 Å². The Kier molecular flexibility index (Phi) is 9.39. The van der Waals surface area contributed by atoms with E-state index >= 15 is 0 Å². The van der Waals surface area contributed by atoms with E-state index < -0.39 is 6.04 Å². The molecule has 0 aliphatic carbocycles. The molecule has 0 bridgehead atoms. The first-order valence-corrected chi connectivity index (χ1v) is 10.7. The van der Waals surface area contributed by atoms with Crippen LogP contribution in [0.15, 0.2) is 54.6 Å². The molecule has 0 unspecified atom stereocenters. The van der Waals surface area contributed by atoms with Gasteiger partial charge in [-0.2, -0.15) is 0 Å². The van der Waals surface area contributed by atoms with Gasteiger partial charge < -0.3 is 15.0 Å². The molecule has 0 aliphatic heterocycles. The van der Waals surface area contributed by atoms with Crippen LogP contribution in [0.1, 0.15) is 44.7 Å². The second-order valence-electron chi connectivity index (χ2n) is 7.96. The van der Waals surface area contributed by atoms with Gasteiger partial charge in [0.25, 0.3) is 0 Å². The van der Waals surface area contributed by atoms with Crippen molar-refractivity contribution in [3.8, 4) is 5.75 Å². The summed E-state index contributed by atoms with van der Waals surface area (Å²) in [5, 5.41) is 3.03. The SMILES string of the molecule is CCCC(=O)N(Cc1ccc(OC)cc1)[C@H](Cc1ccccc1)C(=O)NCC(C)C. The summed E-state index contributed by atoms with van der Waals surface area (Å²) >= 11 is 0. The Balaban J connectivity index is 2.33. The molecule has 2 rings (SSSR count). The van der Waals surface area contributed by atoms with E-state index in [4.69, 9.17) is 4.74 Å². The molecule has 162 valence electrons. The first-order chi connectivity index (χ1) is 14.4. The Morgan fingerprint density at radius 2 is 1.67 bits per heavy atom. The van der Waals surface area contributed by atoms with Gasteiger partial charge in [-0.25, -0.2) is 0 Å². The Bertz CT molecular complexity index is 788. The van der Waals surface area contributed by atoms with Gasteiger partial charge in [0, 0.05) is 25.9 Å². The zero-order chi connectivity index (χ0) is 21.9. The lowest BCUT2D eigenvalue weighted by Crippen LogP contribution is -2.51. The molecule has 30 heavy (non-hydrogen) atoms. The highest BCUT2D eigenvalue weighted by Gasteiger charge is 2.29. The molecule has 2 amide bonds. The van der Waals surface area contributed by atoms with Crippen molar-refractivity contribution in [3.63, 3.8) is 0 Å². The third-order valence-electron chi connectivity index (χ3n) is 4.93. The predicted octanol–water partition coefficient (Wildman–Crippen LogP) is 4.21. The summed E-state index contributed by atoms with van der Waals surface area (Å²) < 4.78 is 5.23. The summed E-state index contributed by atoms with van der Waals surface area (Å²) in [6, 6.07) is 16.9. The number of benzene rings is 2. The minimum absolute atomic E-state index is 0.00561. The van der Waals surface area contributed by atoms with Gasteiger partial charge >= 0.3 is 0 Å². The number of carbonyl (C=O) groups is 2. The monoisotopic (exact) mass is 410 g/mol. The van der Waals surface area contributed by atoms with Gasteiger partial charge in [-0.15, -0.1) is 0 Å². The molecule has 1 N–H and O–H groups in total. The second kappa shape index (κ2) is 12.0. The molecule has 0 aromatic heterocycles. The Morgan fingerprint density at radius 3 is 2.23 bits per heavy atom. The van der Waals surface area contributed by atoms with Crippen LogP contribution in [0, 0.1) is 5.92 Å². The van der Waals surface area contributed by atoms with Crippen molar-refractivity contribution < 1.29 is 14.3 Å². The number of methoxy groups -OCH3 is 1. The maximum Gasteiger partial charge on any atom is 0.243 e. The lowest BCUT2D eigenvalue weighted by molar-refractivity contribution is -0.141. The van der Waals surface area contributed by atoms with Crippen molar-refractivity contribution in [2.45, 2.75) is 52.6 Å². The van der Waals surface area contributed by atoms with Crippen LogP contribution in [-0.4, -0.2) is 36.4 Å². The minimum atomic E-state index is -0.563. The number of nitrogens with zero attached hydrogens (tertiary/aromatic N) is 1. The number of hydrogen-bond donors (Lipinski definition) is 1. The minimum Gasteiger partial charge on any atom is -0.497 e. The summed E-state index contributed by atoms with van der Waals surface area (Å²) in [4.78, 5) is 28.0. The van der Waals surface area contributed by atoms with E-state index in [2.05, 4.69) is 19.2 Å². The molecule has 0 aliphatic rings. The number of nitrogens with one attached hydrogen (secondary N) is 1. The fourth-order valence-corrected chi connectivity index (χ4v) is 3.26. The van der Waals surface area contributed by atoms with Gasteiger partial charge in [0.2, 0.25) is 11.8 Å². The molecule has 0 saturated heterocycles. The standard InChI is InChI=1S/C25H34N2O3/c1-5-9-24(28)27(18-21-12-14-22(30-4)15-13-21)23(25(29)26-17-19(2)3)16-20-10-7-6-8-11-20/h6-8,10-15,19,23H,5,9,16-18H2,1-4H3,(H,26,29)/t23-/m1/s1. The topological polar surface area (TPSA) is 58.6 Å². The van der Waals surface area contributed by atoms with Crippen LogP contribution < -0.4 is 10.1 Å². The maximum atomic E-state index is 13.2. The number of hydrogen-bond acceptors (Lipinski definition) is 3. The molecule has 5 heteroatoms. The number of ether oxygens (including phenoxy) is 1. The van der Waals surface area contributed by atoms with E-state index in [0.29, 0.717) is 31.8 Å². The molecule has 2 aromatic carbocycles. The van der Waals surface area contributed by atoms with Crippen LogP contribution in [0.25, 0.3) is 0 Å². The summed E-state index contributed by atoms with van der Waals surface area (Å²) in [5.41, 5.74) is 2.00. The van der Waals surface area contributed by atoms with Gasteiger partial charge in [0.1, 0.15) is 11.8 Å². The van der Waals surface area contributed by atoms with Gasteiger partial charge in [0.15, 0.2) is 0 Å². The third kappa shape index (κ3) is 7.21. The molecule has 1 atom stereocenters. The van der Waals surface area contributed by atoms with E-state index in [1.165, 1.54) is 0 Å². The lowest BCUT2D eigenvalue weighted by atomic mass is 10.0. The second-order valence-corrected chi connectivity index (χ2v) is 7.96. The summed E-state index contributed by atoms with van der Waals surface area (Å²) in [5.74, 6) is 0.993. The van der Waals surface area contributed by atoms with Crippen LogP contribution in [0.5, 0.6) is 5.75 Å². The molecule has 2 aromatic rings. The fourth-order valence-electron chi connectivity index (χ4n) is 3.26. The van der Waals surface area contributed by atoms with Crippen molar-refractivity contribution in [3.05, 3.63) is 65.7 Å². The molecule has 0 heterocycles. The van der Waals surface area contributed by atoms with E-state index in [1.54, 1.807) is 12.0 Å². The van der Waals surface area contributed by atoms with E-state index in [-0.39, 0.29) is 11.8 Å². The molecule has 0 saturated carbocycles. The lowest BCUT2D eigenvalue weighted by Gasteiger charge is -2.32. The van der Waals surface area contributed by atoms with Crippen molar-refractivity contribution in [1.29, 1.82) is 0 Å². The van der Waals surface area contributed by atoms with Crippen LogP contribution in [-0.2, 0) is 22.6 Å². The van der Waals surface area contributed by atoms with E-state index in [0.717, 1.165) is 23.3 Å². The van der Waals surface area contributed by atoms with Crippen molar-refractivity contribution in [1.82, 2.24) is 10.2 Å². The molecule has 0 fully saturated rings. The number of amides is 2. The van der Waals surface area contributed by atoms with Crippen LogP contribution in [0.4, 0.5) is 0 Å². The molecule has 0 spiro atoms. The summed E-state index contributed by atoms with van der Waals surface area (Å²) in [7, 11) is 1.63. The largest absolute Gasteiger partial charge is 0.497 e. The van der Waals surface area contributed by atoms with Crippen LogP contribution in [0.2, 0.25) is 0 Å². The molecule has 5 nitrogen and oxygen atoms in total. The predicted molar refractivity (Wildman–Crippen MR) is 120 cm³/mol. The van der Waals surface area contributed by atoms with Crippen molar-refractivity contribution in [2.24, 2.45) is 5.92 Å². The highest BCUT2D eigenvalue weighted by molar-refractivity contribution is 5.88. The van der Waals surface area contributed by atoms with Crippen molar-refractivity contribution >= 4 is 11.8 Å². The fraction of sp³-hybridized carbons (Fsp3) is 0.440. The van der Waals surface area contributed by atoms with E-state index in [9.17, 15) is 9.59 Å².